The number of anilines is 1. The smallest absolute Gasteiger partial charge is 0.157 e. The second-order valence-corrected chi connectivity index (χ2v) is 9.29. The predicted molar refractivity (Wildman–Crippen MR) is 90.9 cm³/mol. The molecule has 5 nitrogen and oxygen atoms in total. The molecule has 1 N–H and O–H groups in total. The van der Waals surface area contributed by atoms with Crippen LogP contribution < -0.4 is 5.32 Å². The van der Waals surface area contributed by atoms with Crippen LogP contribution in [0.4, 0.5) is 5.82 Å². The number of halogens is 1. The van der Waals surface area contributed by atoms with E-state index in [-0.39, 0.29) is 5.41 Å². The van der Waals surface area contributed by atoms with Crippen molar-refractivity contribution in [2.75, 3.05) is 18.1 Å². The SMILES string of the molecule is CCNc1nc(C(C)S(C)(=O)=O)nc(C(C)(C)C)c1I. The molecule has 20 heavy (non-hydrogen) atoms. The molecule has 0 amide bonds. The van der Waals surface area contributed by atoms with Gasteiger partial charge in [-0.1, -0.05) is 20.8 Å². The van der Waals surface area contributed by atoms with E-state index in [2.05, 4.69) is 58.6 Å². The molecule has 7 heteroatoms. The van der Waals surface area contributed by atoms with E-state index in [9.17, 15) is 8.42 Å². The van der Waals surface area contributed by atoms with E-state index in [1.54, 1.807) is 6.92 Å². The zero-order valence-electron chi connectivity index (χ0n) is 12.8. The highest BCUT2D eigenvalue weighted by molar-refractivity contribution is 14.1. The first kappa shape index (κ1) is 17.6. The van der Waals surface area contributed by atoms with Crippen LogP contribution in [0.15, 0.2) is 0 Å². The molecule has 0 aromatic carbocycles. The second kappa shape index (κ2) is 6.13. The van der Waals surface area contributed by atoms with Crippen molar-refractivity contribution in [2.24, 2.45) is 0 Å². The molecular formula is C13H22IN3O2S. The lowest BCUT2D eigenvalue weighted by atomic mass is 9.92. The molecule has 0 fully saturated rings. The molecule has 1 heterocycles. The Labute approximate surface area is 135 Å². The van der Waals surface area contributed by atoms with Crippen LogP contribution in [0, 0.1) is 3.57 Å². The summed E-state index contributed by atoms with van der Waals surface area (Å²) in [7, 11) is -3.22. The lowest BCUT2D eigenvalue weighted by Crippen LogP contribution is -2.22. The Morgan fingerprint density at radius 1 is 1.30 bits per heavy atom. The Morgan fingerprint density at radius 2 is 1.85 bits per heavy atom. The molecule has 0 aliphatic rings. The van der Waals surface area contributed by atoms with Gasteiger partial charge < -0.3 is 5.32 Å². The first-order chi connectivity index (χ1) is 8.98. The van der Waals surface area contributed by atoms with Gasteiger partial charge in [0.1, 0.15) is 16.9 Å². The maximum atomic E-state index is 11.7. The first-order valence-corrected chi connectivity index (χ1v) is 9.52. The third kappa shape index (κ3) is 4.03. The van der Waals surface area contributed by atoms with E-state index in [4.69, 9.17) is 0 Å². The molecule has 1 unspecified atom stereocenters. The molecule has 0 saturated carbocycles. The minimum atomic E-state index is -3.22. The van der Waals surface area contributed by atoms with Gasteiger partial charge in [-0.25, -0.2) is 18.4 Å². The third-order valence-electron chi connectivity index (χ3n) is 2.93. The number of aromatic nitrogens is 2. The van der Waals surface area contributed by atoms with E-state index in [1.807, 2.05) is 6.92 Å². The van der Waals surface area contributed by atoms with E-state index < -0.39 is 15.1 Å². The van der Waals surface area contributed by atoms with Crippen molar-refractivity contribution in [3.05, 3.63) is 15.1 Å². The first-order valence-electron chi connectivity index (χ1n) is 6.49. The van der Waals surface area contributed by atoms with Gasteiger partial charge in [-0.2, -0.15) is 0 Å². The minimum Gasteiger partial charge on any atom is -0.369 e. The van der Waals surface area contributed by atoms with E-state index in [0.717, 1.165) is 15.8 Å². The van der Waals surface area contributed by atoms with E-state index >= 15 is 0 Å². The Bertz CT molecular complexity index is 594. The van der Waals surface area contributed by atoms with Crippen LogP contribution in [0.25, 0.3) is 0 Å². The van der Waals surface area contributed by atoms with Crippen molar-refractivity contribution in [1.82, 2.24) is 9.97 Å². The van der Waals surface area contributed by atoms with Gasteiger partial charge in [0.25, 0.3) is 0 Å². The van der Waals surface area contributed by atoms with Gasteiger partial charge in [-0.05, 0) is 36.4 Å². The maximum Gasteiger partial charge on any atom is 0.157 e. The van der Waals surface area contributed by atoms with Gasteiger partial charge in [0.05, 0.1) is 9.26 Å². The summed E-state index contributed by atoms with van der Waals surface area (Å²) in [4.78, 5) is 8.91. The lowest BCUT2D eigenvalue weighted by molar-refractivity contribution is 0.554. The Hall–Kier alpha value is -0.440. The summed E-state index contributed by atoms with van der Waals surface area (Å²) in [6, 6.07) is 0. The number of hydrogen-bond acceptors (Lipinski definition) is 5. The molecule has 0 radical (unpaired) electrons. The van der Waals surface area contributed by atoms with Crippen LogP contribution in [-0.2, 0) is 15.3 Å². The fraction of sp³-hybridized carbons (Fsp3) is 0.692. The molecule has 1 atom stereocenters. The summed E-state index contributed by atoms with van der Waals surface area (Å²) in [6.07, 6.45) is 1.21. The van der Waals surface area contributed by atoms with Crippen molar-refractivity contribution < 1.29 is 8.42 Å². The highest BCUT2D eigenvalue weighted by Crippen LogP contribution is 2.31. The van der Waals surface area contributed by atoms with Gasteiger partial charge in [0, 0.05) is 18.2 Å². The summed E-state index contributed by atoms with van der Waals surface area (Å²) in [5, 5.41) is 2.47. The number of rotatable bonds is 4. The van der Waals surface area contributed by atoms with Crippen LogP contribution in [0.5, 0.6) is 0 Å². The standard InChI is InChI=1S/C13H22IN3O2S/c1-7-15-12-9(14)10(13(3,4)5)16-11(17-12)8(2)20(6,18)19/h8H,7H2,1-6H3,(H,15,16,17). The maximum absolute atomic E-state index is 11.7. The quantitative estimate of drug-likeness (QED) is 0.772. The van der Waals surface area contributed by atoms with Crippen LogP contribution in [0.1, 0.15) is 51.4 Å². The average molecular weight is 411 g/mol. The molecule has 0 bridgehead atoms. The zero-order chi connectivity index (χ0) is 15.7. The van der Waals surface area contributed by atoms with Gasteiger partial charge in [0.15, 0.2) is 9.84 Å². The number of hydrogen-bond donors (Lipinski definition) is 1. The van der Waals surface area contributed by atoms with Crippen molar-refractivity contribution in [1.29, 1.82) is 0 Å². The summed E-state index contributed by atoms with van der Waals surface area (Å²) in [6.45, 7) is 10.5. The zero-order valence-corrected chi connectivity index (χ0v) is 15.8. The van der Waals surface area contributed by atoms with Crippen LogP contribution in [0.2, 0.25) is 0 Å². The molecule has 114 valence electrons. The molecule has 1 aromatic rings. The van der Waals surface area contributed by atoms with Crippen LogP contribution in [0.3, 0.4) is 0 Å². The Kier molecular flexibility index (Phi) is 5.40. The van der Waals surface area contributed by atoms with Gasteiger partial charge in [0.2, 0.25) is 0 Å². The highest BCUT2D eigenvalue weighted by Gasteiger charge is 2.27. The third-order valence-corrected chi connectivity index (χ3v) is 5.45. The monoisotopic (exact) mass is 411 g/mol. The lowest BCUT2D eigenvalue weighted by Gasteiger charge is -2.23. The highest BCUT2D eigenvalue weighted by atomic mass is 127. The second-order valence-electron chi connectivity index (χ2n) is 5.85. The topological polar surface area (TPSA) is 72.0 Å². The van der Waals surface area contributed by atoms with Crippen LogP contribution >= 0.6 is 22.6 Å². The Morgan fingerprint density at radius 3 is 2.25 bits per heavy atom. The minimum absolute atomic E-state index is 0.171. The van der Waals surface area contributed by atoms with Gasteiger partial charge in [-0.3, -0.25) is 0 Å². The molecule has 1 aromatic heterocycles. The molecule has 0 spiro atoms. The molecule has 0 saturated heterocycles. The molecule has 1 rings (SSSR count). The van der Waals surface area contributed by atoms with Crippen molar-refractivity contribution in [2.45, 2.75) is 45.3 Å². The number of nitrogens with one attached hydrogen (secondary N) is 1. The largest absolute Gasteiger partial charge is 0.369 e. The fourth-order valence-electron chi connectivity index (χ4n) is 1.62. The summed E-state index contributed by atoms with van der Waals surface area (Å²) >= 11 is 2.21. The van der Waals surface area contributed by atoms with E-state index in [0.29, 0.717) is 11.6 Å². The van der Waals surface area contributed by atoms with Gasteiger partial charge in [-0.15, -0.1) is 0 Å². The number of sulfone groups is 1. The fourth-order valence-corrected chi connectivity index (χ4v) is 3.35. The Balaban J connectivity index is 3.52. The normalized spacial score (nSPS) is 14.2. The molecular weight excluding hydrogens is 389 g/mol. The average Bonchev–Trinajstić information content (AvgIpc) is 2.28. The van der Waals surface area contributed by atoms with E-state index in [1.165, 1.54) is 6.26 Å². The van der Waals surface area contributed by atoms with Crippen molar-refractivity contribution >= 4 is 38.2 Å². The molecule has 0 aliphatic carbocycles. The molecule has 0 aliphatic heterocycles. The summed E-state index contributed by atoms with van der Waals surface area (Å²) in [5.74, 6) is 1.06. The van der Waals surface area contributed by atoms with Crippen LogP contribution in [-0.4, -0.2) is 31.2 Å². The van der Waals surface area contributed by atoms with Gasteiger partial charge >= 0.3 is 0 Å². The summed E-state index contributed by atoms with van der Waals surface area (Å²) < 4.78 is 24.4. The number of nitrogens with zero attached hydrogens (tertiary/aromatic N) is 2. The van der Waals surface area contributed by atoms with Crippen molar-refractivity contribution in [3.63, 3.8) is 0 Å². The summed E-state index contributed by atoms with van der Waals surface area (Å²) in [5.41, 5.74) is 0.699. The van der Waals surface area contributed by atoms with Crippen molar-refractivity contribution in [3.8, 4) is 0 Å². The predicted octanol–water partition coefficient (Wildman–Crippen LogP) is 2.92.